The third kappa shape index (κ3) is 5.15. The Hall–Kier alpha value is -0.800. The van der Waals surface area contributed by atoms with E-state index in [2.05, 4.69) is 51.0 Å². The van der Waals surface area contributed by atoms with E-state index in [-0.39, 0.29) is 5.54 Å². The molecular formula is C18H32N2O. The van der Waals surface area contributed by atoms with E-state index < -0.39 is 0 Å². The van der Waals surface area contributed by atoms with Crippen LogP contribution in [0.3, 0.4) is 0 Å². The average Bonchev–Trinajstić information content (AvgIpc) is 2.83. The van der Waals surface area contributed by atoms with E-state index in [1.54, 1.807) is 0 Å². The summed E-state index contributed by atoms with van der Waals surface area (Å²) in [4.78, 5) is 2.48. The van der Waals surface area contributed by atoms with E-state index in [1.165, 1.54) is 31.2 Å². The van der Waals surface area contributed by atoms with Gasteiger partial charge in [0.25, 0.3) is 0 Å². The molecule has 0 aliphatic heterocycles. The molecule has 0 saturated heterocycles. The largest absolute Gasteiger partial charge is 0.468 e. The Kier molecular flexibility index (Phi) is 5.50. The van der Waals surface area contributed by atoms with Gasteiger partial charge in [-0.3, -0.25) is 4.90 Å². The standard InChI is InChI=1S/C18H32N2O/c1-14-7-6-8-16(11-14)20(5)13-17-15(9-10-21-17)12-19-18(2,3)4/h9-10,14,16,19H,6-8,11-13H2,1-5H3. The van der Waals surface area contributed by atoms with Crippen LogP contribution >= 0.6 is 0 Å². The van der Waals surface area contributed by atoms with Crippen LogP contribution < -0.4 is 5.32 Å². The van der Waals surface area contributed by atoms with Gasteiger partial charge in [-0.25, -0.2) is 0 Å². The van der Waals surface area contributed by atoms with Crippen LogP contribution in [0.15, 0.2) is 16.7 Å². The molecule has 1 fully saturated rings. The van der Waals surface area contributed by atoms with Gasteiger partial charge < -0.3 is 9.73 Å². The van der Waals surface area contributed by atoms with Gasteiger partial charge >= 0.3 is 0 Å². The number of hydrogen-bond acceptors (Lipinski definition) is 3. The number of furan rings is 1. The number of nitrogens with one attached hydrogen (secondary N) is 1. The number of hydrogen-bond donors (Lipinski definition) is 1. The second-order valence-corrected chi connectivity index (χ2v) is 7.81. The lowest BCUT2D eigenvalue weighted by Gasteiger charge is -2.33. The van der Waals surface area contributed by atoms with Crippen molar-refractivity contribution in [1.82, 2.24) is 10.2 Å². The topological polar surface area (TPSA) is 28.4 Å². The SMILES string of the molecule is CC1CCCC(N(C)Cc2occc2CNC(C)(C)C)C1. The van der Waals surface area contributed by atoms with E-state index in [0.29, 0.717) is 6.04 Å². The molecule has 120 valence electrons. The highest BCUT2D eigenvalue weighted by Crippen LogP contribution is 2.28. The molecule has 1 N–H and O–H groups in total. The summed E-state index contributed by atoms with van der Waals surface area (Å²) in [5, 5.41) is 3.55. The minimum Gasteiger partial charge on any atom is -0.468 e. The quantitative estimate of drug-likeness (QED) is 0.882. The molecule has 1 aromatic rings. The number of nitrogens with zero attached hydrogens (tertiary/aromatic N) is 1. The molecule has 1 saturated carbocycles. The van der Waals surface area contributed by atoms with Gasteiger partial charge in [0.15, 0.2) is 0 Å². The van der Waals surface area contributed by atoms with Crippen LogP contribution in [0.2, 0.25) is 0 Å². The molecule has 0 radical (unpaired) electrons. The first-order valence-corrected chi connectivity index (χ1v) is 8.35. The molecule has 0 spiro atoms. The zero-order valence-electron chi connectivity index (χ0n) is 14.4. The van der Waals surface area contributed by atoms with Crippen molar-refractivity contribution in [3.63, 3.8) is 0 Å². The lowest BCUT2D eigenvalue weighted by Crippen LogP contribution is -2.36. The maximum absolute atomic E-state index is 5.74. The van der Waals surface area contributed by atoms with Crippen LogP contribution in [-0.4, -0.2) is 23.5 Å². The first-order valence-electron chi connectivity index (χ1n) is 8.35. The van der Waals surface area contributed by atoms with Crippen molar-refractivity contribution in [2.24, 2.45) is 5.92 Å². The van der Waals surface area contributed by atoms with Crippen LogP contribution in [-0.2, 0) is 13.1 Å². The van der Waals surface area contributed by atoms with Crippen molar-refractivity contribution in [3.05, 3.63) is 23.7 Å². The summed E-state index contributed by atoms with van der Waals surface area (Å²) in [5.41, 5.74) is 1.43. The van der Waals surface area contributed by atoms with Crippen molar-refractivity contribution in [1.29, 1.82) is 0 Å². The molecule has 3 nitrogen and oxygen atoms in total. The third-order valence-corrected chi connectivity index (χ3v) is 4.57. The van der Waals surface area contributed by atoms with Crippen LogP contribution in [0.5, 0.6) is 0 Å². The molecule has 2 atom stereocenters. The van der Waals surface area contributed by atoms with E-state index in [4.69, 9.17) is 4.42 Å². The molecule has 3 heteroatoms. The number of rotatable bonds is 5. The molecule has 21 heavy (non-hydrogen) atoms. The van der Waals surface area contributed by atoms with Crippen molar-refractivity contribution >= 4 is 0 Å². The van der Waals surface area contributed by atoms with Gasteiger partial charge in [-0.05, 0) is 52.6 Å². The molecule has 1 heterocycles. The van der Waals surface area contributed by atoms with Gasteiger partial charge in [-0.15, -0.1) is 0 Å². The summed E-state index contributed by atoms with van der Waals surface area (Å²) in [7, 11) is 2.24. The Balaban J connectivity index is 1.92. The molecule has 1 aromatic heterocycles. The minimum atomic E-state index is 0.138. The molecular weight excluding hydrogens is 260 g/mol. The van der Waals surface area contributed by atoms with Gasteiger partial charge in [-0.2, -0.15) is 0 Å². The summed E-state index contributed by atoms with van der Waals surface area (Å²) in [6.07, 6.45) is 7.24. The average molecular weight is 292 g/mol. The highest BCUT2D eigenvalue weighted by atomic mass is 16.3. The molecule has 0 amide bonds. The first-order chi connectivity index (χ1) is 9.85. The van der Waals surface area contributed by atoms with E-state index in [9.17, 15) is 0 Å². The molecule has 0 aromatic carbocycles. The predicted molar refractivity (Wildman–Crippen MR) is 88.2 cm³/mol. The van der Waals surface area contributed by atoms with Gasteiger partial charge in [0.05, 0.1) is 12.8 Å². The lowest BCUT2D eigenvalue weighted by molar-refractivity contribution is 0.148. The lowest BCUT2D eigenvalue weighted by atomic mass is 9.86. The smallest absolute Gasteiger partial charge is 0.122 e. The molecule has 0 bridgehead atoms. The van der Waals surface area contributed by atoms with Crippen molar-refractivity contribution in [3.8, 4) is 0 Å². The Morgan fingerprint density at radius 3 is 2.76 bits per heavy atom. The summed E-state index contributed by atoms with van der Waals surface area (Å²) in [6.45, 7) is 10.8. The second kappa shape index (κ2) is 6.97. The minimum absolute atomic E-state index is 0.138. The molecule has 1 aliphatic rings. The third-order valence-electron chi connectivity index (χ3n) is 4.57. The summed E-state index contributed by atoms with van der Waals surface area (Å²) in [6, 6.07) is 2.81. The maximum Gasteiger partial charge on any atom is 0.122 e. The normalized spacial score (nSPS) is 23.7. The monoisotopic (exact) mass is 292 g/mol. The van der Waals surface area contributed by atoms with Gasteiger partial charge in [0.1, 0.15) is 5.76 Å². The zero-order chi connectivity index (χ0) is 15.5. The zero-order valence-corrected chi connectivity index (χ0v) is 14.4. The van der Waals surface area contributed by atoms with Crippen LogP contribution in [0.4, 0.5) is 0 Å². The first kappa shape index (κ1) is 16.6. The van der Waals surface area contributed by atoms with Crippen LogP contribution in [0.1, 0.15) is 64.7 Å². The maximum atomic E-state index is 5.74. The Labute approximate surface area is 130 Å². The highest BCUT2D eigenvalue weighted by Gasteiger charge is 2.23. The van der Waals surface area contributed by atoms with E-state index in [1.807, 2.05) is 6.26 Å². The summed E-state index contributed by atoms with van der Waals surface area (Å²) < 4.78 is 5.74. The highest BCUT2D eigenvalue weighted by molar-refractivity contribution is 5.17. The Morgan fingerprint density at radius 2 is 2.10 bits per heavy atom. The predicted octanol–water partition coefficient (Wildman–Crippen LogP) is 4.18. The fraction of sp³-hybridized carbons (Fsp3) is 0.778. The van der Waals surface area contributed by atoms with Crippen molar-refractivity contribution in [2.75, 3.05) is 7.05 Å². The fourth-order valence-corrected chi connectivity index (χ4v) is 3.18. The Morgan fingerprint density at radius 1 is 1.33 bits per heavy atom. The van der Waals surface area contributed by atoms with Gasteiger partial charge in [0, 0.05) is 23.7 Å². The summed E-state index contributed by atoms with van der Waals surface area (Å²) >= 11 is 0. The van der Waals surface area contributed by atoms with Crippen molar-refractivity contribution in [2.45, 2.75) is 78.0 Å². The van der Waals surface area contributed by atoms with E-state index >= 15 is 0 Å². The van der Waals surface area contributed by atoms with Gasteiger partial charge in [-0.1, -0.05) is 19.8 Å². The Bertz CT molecular complexity index is 433. The van der Waals surface area contributed by atoms with Gasteiger partial charge in [0.2, 0.25) is 0 Å². The van der Waals surface area contributed by atoms with Crippen LogP contribution in [0, 0.1) is 5.92 Å². The van der Waals surface area contributed by atoms with E-state index in [0.717, 1.165) is 24.8 Å². The molecule has 2 unspecified atom stereocenters. The van der Waals surface area contributed by atoms with Crippen molar-refractivity contribution < 1.29 is 4.42 Å². The van der Waals surface area contributed by atoms with Crippen LogP contribution in [0.25, 0.3) is 0 Å². The fourth-order valence-electron chi connectivity index (χ4n) is 3.18. The molecule has 2 rings (SSSR count). The second-order valence-electron chi connectivity index (χ2n) is 7.81. The molecule has 1 aliphatic carbocycles. The summed E-state index contributed by atoms with van der Waals surface area (Å²) in [5.74, 6) is 1.98.